The first kappa shape index (κ1) is 18.6. The lowest BCUT2D eigenvalue weighted by Crippen LogP contribution is -2.62. The van der Waals surface area contributed by atoms with Crippen molar-refractivity contribution in [1.29, 1.82) is 0 Å². The van der Waals surface area contributed by atoms with Crippen LogP contribution in [0.5, 0.6) is 0 Å². The molecule has 0 N–H and O–H groups in total. The van der Waals surface area contributed by atoms with Gasteiger partial charge in [-0.3, -0.25) is 9.59 Å². The third kappa shape index (κ3) is 1.60. The first-order chi connectivity index (χ1) is 13.5. The van der Waals surface area contributed by atoms with E-state index in [0.717, 1.165) is 32.1 Å². The van der Waals surface area contributed by atoms with E-state index in [9.17, 15) is 9.59 Å². The maximum atomic E-state index is 13.3. The highest BCUT2D eigenvalue weighted by Crippen LogP contribution is 2.98. The van der Waals surface area contributed by atoms with Gasteiger partial charge in [0.05, 0.1) is 24.5 Å². The highest BCUT2D eigenvalue weighted by molar-refractivity contribution is 6.69. The number of esters is 2. The fourth-order valence-corrected chi connectivity index (χ4v) is 10.6. The molecule has 0 aromatic rings. The molecule has 0 amide bonds. The van der Waals surface area contributed by atoms with Crippen molar-refractivity contribution >= 4 is 20.3 Å². The predicted octanol–water partition coefficient (Wildman–Crippen LogP) is 3.69. The van der Waals surface area contributed by atoms with Crippen molar-refractivity contribution in [3.63, 3.8) is 0 Å². The van der Waals surface area contributed by atoms with E-state index < -0.39 is 19.3 Å². The van der Waals surface area contributed by atoms with Gasteiger partial charge in [0.1, 0.15) is 5.60 Å². The van der Waals surface area contributed by atoms with Crippen molar-refractivity contribution in [2.75, 3.05) is 7.11 Å². The molecular weight excluding hydrogens is 384 g/mol. The summed E-state index contributed by atoms with van der Waals surface area (Å²) < 4.78 is 18.7. The Morgan fingerprint density at radius 3 is 2.62 bits per heavy atom. The highest BCUT2D eigenvalue weighted by atomic mass is 28.4. The van der Waals surface area contributed by atoms with Crippen LogP contribution in [0, 0.1) is 39.9 Å². The SMILES string of the molecule is C=C1C2CCC34C1C3(C2)C(C(=O)OC)C1C2(C)CCC(O[Si](C)(C)C)C14OC2=O. The van der Waals surface area contributed by atoms with Crippen LogP contribution in [0.1, 0.15) is 39.0 Å². The molecule has 2 spiro atoms. The average Bonchev–Trinajstić information content (AvgIpc) is 3.01. The molecule has 158 valence electrons. The Labute approximate surface area is 173 Å². The van der Waals surface area contributed by atoms with Crippen molar-refractivity contribution in [2.45, 2.75) is 70.4 Å². The van der Waals surface area contributed by atoms with Gasteiger partial charge in [-0.1, -0.05) is 12.2 Å². The van der Waals surface area contributed by atoms with Gasteiger partial charge in [0, 0.05) is 16.7 Å². The zero-order chi connectivity index (χ0) is 20.8. The summed E-state index contributed by atoms with van der Waals surface area (Å²) in [6.45, 7) is 13.1. The molecule has 0 aromatic heterocycles. The number of hydrogen-bond donors (Lipinski definition) is 0. The number of carbonyl (C=O) groups is 2. The van der Waals surface area contributed by atoms with Gasteiger partial charge < -0.3 is 13.9 Å². The Hall–Kier alpha value is -1.14. The summed E-state index contributed by atoms with van der Waals surface area (Å²) in [5.74, 6) is 0.0614. The van der Waals surface area contributed by atoms with E-state index in [1.165, 1.54) is 12.7 Å². The molecule has 6 bridgehead atoms. The third-order valence-corrected chi connectivity index (χ3v) is 10.9. The molecule has 6 saturated carbocycles. The summed E-state index contributed by atoms with van der Waals surface area (Å²) in [4.78, 5) is 26.7. The lowest BCUT2D eigenvalue weighted by atomic mass is 9.54. The van der Waals surface area contributed by atoms with E-state index in [2.05, 4.69) is 26.2 Å². The lowest BCUT2D eigenvalue weighted by molar-refractivity contribution is -0.180. The van der Waals surface area contributed by atoms with Crippen molar-refractivity contribution in [3.8, 4) is 0 Å². The molecule has 9 atom stereocenters. The van der Waals surface area contributed by atoms with Gasteiger partial charge in [0.25, 0.3) is 0 Å². The van der Waals surface area contributed by atoms with E-state index in [4.69, 9.17) is 13.9 Å². The number of ether oxygens (including phenoxy) is 2. The molecule has 0 aromatic carbocycles. The van der Waals surface area contributed by atoms with Crippen molar-refractivity contribution in [3.05, 3.63) is 12.2 Å². The topological polar surface area (TPSA) is 61.8 Å². The second-order valence-corrected chi connectivity index (χ2v) is 16.3. The second kappa shape index (κ2) is 4.85. The monoisotopic (exact) mass is 416 g/mol. The van der Waals surface area contributed by atoms with E-state index in [-0.39, 0.29) is 46.6 Å². The number of carbonyl (C=O) groups excluding carboxylic acids is 2. The Bertz CT molecular complexity index is 877. The molecule has 5 nitrogen and oxygen atoms in total. The summed E-state index contributed by atoms with van der Waals surface area (Å²) in [7, 11) is -0.395. The molecule has 7 rings (SSSR count). The zero-order valence-corrected chi connectivity index (χ0v) is 19.2. The van der Waals surface area contributed by atoms with E-state index in [1.807, 2.05) is 6.92 Å². The Morgan fingerprint density at radius 1 is 1.24 bits per heavy atom. The summed E-state index contributed by atoms with van der Waals surface area (Å²) in [5.41, 5.74) is -0.359. The van der Waals surface area contributed by atoms with Crippen LogP contribution in [-0.2, 0) is 23.5 Å². The number of methoxy groups -OCH3 is 1. The maximum absolute atomic E-state index is 13.3. The van der Waals surface area contributed by atoms with Gasteiger partial charge in [-0.15, -0.1) is 0 Å². The van der Waals surface area contributed by atoms with Gasteiger partial charge in [0.2, 0.25) is 0 Å². The maximum Gasteiger partial charge on any atom is 0.312 e. The molecule has 6 aliphatic carbocycles. The van der Waals surface area contributed by atoms with Crippen LogP contribution in [0.25, 0.3) is 0 Å². The quantitative estimate of drug-likeness (QED) is 0.399. The molecule has 7 aliphatic rings. The first-order valence-corrected chi connectivity index (χ1v) is 14.6. The molecule has 9 unspecified atom stereocenters. The number of hydrogen-bond acceptors (Lipinski definition) is 5. The van der Waals surface area contributed by atoms with Crippen LogP contribution >= 0.6 is 0 Å². The fourth-order valence-electron chi connectivity index (χ4n) is 9.50. The first-order valence-electron chi connectivity index (χ1n) is 11.2. The average molecular weight is 417 g/mol. The minimum absolute atomic E-state index is 0.125. The van der Waals surface area contributed by atoms with Crippen LogP contribution in [0.3, 0.4) is 0 Å². The second-order valence-electron chi connectivity index (χ2n) is 11.8. The van der Waals surface area contributed by atoms with Gasteiger partial charge in [-0.05, 0) is 70.5 Å². The largest absolute Gasteiger partial charge is 0.469 e. The zero-order valence-electron chi connectivity index (χ0n) is 18.2. The van der Waals surface area contributed by atoms with Crippen molar-refractivity contribution in [1.82, 2.24) is 0 Å². The van der Waals surface area contributed by atoms with E-state index in [1.54, 1.807) is 0 Å². The van der Waals surface area contributed by atoms with Gasteiger partial charge >= 0.3 is 11.9 Å². The molecule has 1 saturated heterocycles. The summed E-state index contributed by atoms with van der Waals surface area (Å²) in [6, 6.07) is 0. The van der Waals surface area contributed by atoms with Crippen LogP contribution in [0.2, 0.25) is 19.6 Å². The summed E-state index contributed by atoms with van der Waals surface area (Å²) in [6.07, 6.45) is 4.54. The molecule has 1 heterocycles. The van der Waals surface area contributed by atoms with Gasteiger partial charge in [-0.2, -0.15) is 0 Å². The van der Waals surface area contributed by atoms with E-state index >= 15 is 0 Å². The Kier molecular flexibility index (Phi) is 3.11. The Morgan fingerprint density at radius 2 is 1.97 bits per heavy atom. The molecule has 29 heavy (non-hydrogen) atoms. The van der Waals surface area contributed by atoms with Gasteiger partial charge in [-0.25, -0.2) is 0 Å². The molecule has 7 fully saturated rings. The van der Waals surface area contributed by atoms with Crippen molar-refractivity contribution < 1.29 is 23.5 Å². The van der Waals surface area contributed by atoms with Gasteiger partial charge in [0.15, 0.2) is 8.32 Å². The number of fused-ring (bicyclic) bond motifs is 1. The van der Waals surface area contributed by atoms with Crippen LogP contribution in [0.15, 0.2) is 12.2 Å². The fraction of sp³-hybridized carbons (Fsp3) is 0.826. The molecule has 6 heteroatoms. The minimum atomic E-state index is -1.88. The highest BCUT2D eigenvalue weighted by Gasteiger charge is 3.02. The van der Waals surface area contributed by atoms with Crippen LogP contribution in [-0.4, -0.2) is 39.1 Å². The predicted molar refractivity (Wildman–Crippen MR) is 108 cm³/mol. The smallest absolute Gasteiger partial charge is 0.312 e. The minimum Gasteiger partial charge on any atom is -0.469 e. The van der Waals surface area contributed by atoms with Crippen molar-refractivity contribution in [2.24, 2.45) is 39.9 Å². The van der Waals surface area contributed by atoms with E-state index in [0.29, 0.717) is 5.92 Å². The molecule has 0 radical (unpaired) electrons. The third-order valence-electron chi connectivity index (χ3n) is 9.94. The number of rotatable bonds is 3. The molecule has 1 aliphatic heterocycles. The number of allylic oxidation sites excluding steroid dienone is 1. The summed E-state index contributed by atoms with van der Waals surface area (Å²) >= 11 is 0. The summed E-state index contributed by atoms with van der Waals surface area (Å²) in [5, 5.41) is 0. The molecular formula is C23H32O5Si. The standard InChI is InChI=1S/C23H32O5Si/c1-12-13-7-10-22-16(12)21(22,11-13)15(18(24)26-3)17-20(2)9-8-14(28-29(4,5)6)23(17,22)27-19(20)25/h13-17H,1,7-11H2,2-6H3. The van der Waals surface area contributed by atoms with Crippen LogP contribution in [0.4, 0.5) is 0 Å². The normalized spacial score (nSPS) is 56.0. The van der Waals surface area contributed by atoms with Crippen LogP contribution < -0.4 is 0 Å². The Balaban J connectivity index is 1.61. The lowest BCUT2D eigenvalue weighted by Gasteiger charge is -2.52.